The van der Waals surface area contributed by atoms with E-state index in [0.717, 1.165) is 25.7 Å². The van der Waals surface area contributed by atoms with Crippen molar-refractivity contribution in [2.75, 3.05) is 4.90 Å². The lowest BCUT2D eigenvalue weighted by Crippen LogP contribution is -2.25. The summed E-state index contributed by atoms with van der Waals surface area (Å²) in [5.41, 5.74) is 21.1. The second kappa shape index (κ2) is 6.28. The van der Waals surface area contributed by atoms with Crippen molar-refractivity contribution >= 4 is 17.1 Å². The minimum absolute atomic E-state index is 0.956. The number of benzene rings is 4. The Bertz CT molecular complexity index is 1760. The molecule has 1 aromatic heterocycles. The van der Waals surface area contributed by atoms with Crippen LogP contribution in [0, 0.1) is 0 Å². The number of nitrogens with zero attached hydrogens (tertiary/aromatic N) is 2. The van der Waals surface area contributed by atoms with E-state index in [1.165, 1.54) is 83.8 Å². The zero-order chi connectivity index (χ0) is 22.7. The van der Waals surface area contributed by atoms with E-state index in [9.17, 15) is 0 Å². The predicted octanol–water partition coefficient (Wildman–Crippen LogP) is 7.50. The van der Waals surface area contributed by atoms with Gasteiger partial charge in [0.1, 0.15) is 0 Å². The number of rotatable bonds is 0. The maximum absolute atomic E-state index is 4.69. The third-order valence-electron chi connectivity index (χ3n) is 8.60. The molecule has 9 rings (SSSR count). The van der Waals surface area contributed by atoms with E-state index in [4.69, 9.17) is 4.98 Å². The Morgan fingerprint density at radius 1 is 0.486 bits per heavy atom. The first kappa shape index (κ1) is 18.2. The van der Waals surface area contributed by atoms with Gasteiger partial charge in [-0.3, -0.25) is 4.98 Å². The molecule has 0 radical (unpaired) electrons. The number of fused-ring (bicyclic) bond motifs is 11. The van der Waals surface area contributed by atoms with Gasteiger partial charge in [0.05, 0.1) is 17.1 Å². The molecule has 2 nitrogen and oxygen atoms in total. The average Bonchev–Trinajstić information content (AvgIpc) is 3.45. The first-order valence-electron chi connectivity index (χ1n) is 12.6. The lowest BCUT2D eigenvalue weighted by Gasteiger charge is -2.40. The van der Waals surface area contributed by atoms with Crippen LogP contribution in [0.3, 0.4) is 0 Å². The molecule has 2 heteroatoms. The molecule has 0 saturated heterocycles. The van der Waals surface area contributed by atoms with Gasteiger partial charge < -0.3 is 4.90 Å². The van der Waals surface area contributed by atoms with Crippen molar-refractivity contribution in [3.8, 4) is 22.3 Å². The number of hydrogen-bond donors (Lipinski definition) is 0. The molecular formula is C33H22N2. The molecule has 0 spiro atoms. The zero-order valence-corrected chi connectivity index (χ0v) is 19.3. The molecule has 0 atom stereocenters. The Morgan fingerprint density at radius 3 is 2.03 bits per heavy atom. The highest BCUT2D eigenvalue weighted by molar-refractivity contribution is 5.94. The first-order valence-corrected chi connectivity index (χ1v) is 12.6. The van der Waals surface area contributed by atoms with Gasteiger partial charge in [-0.15, -0.1) is 0 Å². The second-order valence-electron chi connectivity index (χ2n) is 10.4. The maximum Gasteiger partial charge on any atom is 0.0563 e. The van der Waals surface area contributed by atoms with Gasteiger partial charge >= 0.3 is 0 Å². The Labute approximate surface area is 204 Å². The molecule has 164 valence electrons. The van der Waals surface area contributed by atoms with Crippen molar-refractivity contribution in [3.05, 3.63) is 130 Å². The predicted molar refractivity (Wildman–Crippen MR) is 141 cm³/mol. The van der Waals surface area contributed by atoms with E-state index in [1.54, 1.807) is 0 Å². The fourth-order valence-corrected chi connectivity index (χ4v) is 7.10. The first-order chi connectivity index (χ1) is 17.3. The highest BCUT2D eigenvalue weighted by atomic mass is 15.2. The topological polar surface area (TPSA) is 16.1 Å². The molecule has 2 aliphatic carbocycles. The molecule has 0 fully saturated rings. The lowest BCUT2D eigenvalue weighted by molar-refractivity contribution is 0.973. The maximum atomic E-state index is 4.69. The minimum Gasteiger partial charge on any atom is -0.309 e. The van der Waals surface area contributed by atoms with Gasteiger partial charge in [0.15, 0.2) is 0 Å². The van der Waals surface area contributed by atoms with Gasteiger partial charge in [-0.25, -0.2) is 0 Å². The van der Waals surface area contributed by atoms with Gasteiger partial charge in [-0.05, 0) is 91.7 Å². The summed E-state index contributed by atoms with van der Waals surface area (Å²) in [4.78, 5) is 7.26. The van der Waals surface area contributed by atoms with Crippen LogP contribution in [0.15, 0.2) is 85.2 Å². The molecule has 0 unspecified atom stereocenters. The van der Waals surface area contributed by atoms with Crippen LogP contribution in [-0.2, 0) is 25.7 Å². The van der Waals surface area contributed by atoms with Crippen molar-refractivity contribution in [2.45, 2.75) is 25.7 Å². The van der Waals surface area contributed by atoms with E-state index in [0.29, 0.717) is 0 Å². The summed E-state index contributed by atoms with van der Waals surface area (Å²) in [5, 5.41) is 0. The molecule has 4 aliphatic rings. The van der Waals surface area contributed by atoms with Crippen molar-refractivity contribution in [2.24, 2.45) is 0 Å². The van der Waals surface area contributed by atoms with E-state index in [-0.39, 0.29) is 0 Å². The molecular weight excluding hydrogens is 424 g/mol. The molecule has 0 N–H and O–H groups in total. The summed E-state index contributed by atoms with van der Waals surface area (Å²) in [6.45, 7) is 0. The van der Waals surface area contributed by atoms with Crippen LogP contribution in [0.5, 0.6) is 0 Å². The van der Waals surface area contributed by atoms with Crippen LogP contribution >= 0.6 is 0 Å². The van der Waals surface area contributed by atoms with Gasteiger partial charge in [-0.2, -0.15) is 0 Å². The molecule has 2 aliphatic heterocycles. The number of pyridine rings is 1. The van der Waals surface area contributed by atoms with E-state index >= 15 is 0 Å². The molecule has 0 amide bonds. The zero-order valence-electron chi connectivity index (χ0n) is 19.3. The summed E-state index contributed by atoms with van der Waals surface area (Å²) < 4.78 is 0. The lowest BCUT2D eigenvalue weighted by atomic mass is 9.84. The van der Waals surface area contributed by atoms with Gasteiger partial charge in [0, 0.05) is 25.2 Å². The van der Waals surface area contributed by atoms with Crippen molar-refractivity contribution in [1.82, 2.24) is 4.98 Å². The van der Waals surface area contributed by atoms with Crippen molar-refractivity contribution in [3.63, 3.8) is 0 Å². The fourth-order valence-electron chi connectivity index (χ4n) is 7.10. The monoisotopic (exact) mass is 446 g/mol. The Balaban J connectivity index is 1.31. The van der Waals surface area contributed by atoms with E-state index < -0.39 is 0 Å². The van der Waals surface area contributed by atoms with Gasteiger partial charge in [0.2, 0.25) is 0 Å². The summed E-state index contributed by atoms with van der Waals surface area (Å²) in [6, 6.07) is 27.5. The third-order valence-corrected chi connectivity index (χ3v) is 8.60. The van der Waals surface area contributed by atoms with Crippen LogP contribution in [0.1, 0.15) is 44.5 Å². The number of hydrogen-bond acceptors (Lipinski definition) is 2. The normalized spacial score (nSPS) is 14.9. The molecule has 0 bridgehead atoms. The molecule has 0 saturated carbocycles. The highest BCUT2D eigenvalue weighted by Gasteiger charge is 2.36. The summed E-state index contributed by atoms with van der Waals surface area (Å²) in [6.07, 6.45) is 8.16. The van der Waals surface area contributed by atoms with Crippen LogP contribution in [0.25, 0.3) is 22.3 Å². The van der Waals surface area contributed by atoms with E-state index in [2.05, 4.69) is 90.1 Å². The van der Waals surface area contributed by atoms with Crippen LogP contribution in [0.2, 0.25) is 0 Å². The van der Waals surface area contributed by atoms with E-state index in [1.807, 2.05) is 0 Å². The van der Waals surface area contributed by atoms with Crippen LogP contribution in [0.4, 0.5) is 17.1 Å². The van der Waals surface area contributed by atoms with Gasteiger partial charge in [0.25, 0.3) is 0 Å². The standard InChI is InChI=1S/C33H22N2/c1-4-8-26-19(5-1)11-21-12-22-13-23-17-34-18-24-15-30-29-14-20-6-2-3-7-25(20)27(29)9-10-31(30)35(33(23)24)32(22)16-28(21)26/h1-10,12,16-18H,11,13-15H2. The largest absolute Gasteiger partial charge is 0.309 e. The van der Waals surface area contributed by atoms with Crippen molar-refractivity contribution < 1.29 is 0 Å². The fraction of sp³-hybridized carbons (Fsp3) is 0.121. The number of anilines is 3. The van der Waals surface area contributed by atoms with Gasteiger partial charge in [-0.1, -0.05) is 60.7 Å². The Kier molecular flexibility index (Phi) is 3.27. The Morgan fingerprint density at radius 2 is 1.17 bits per heavy atom. The summed E-state index contributed by atoms with van der Waals surface area (Å²) in [7, 11) is 0. The molecule has 5 aromatic rings. The smallest absolute Gasteiger partial charge is 0.0563 e. The van der Waals surface area contributed by atoms with Crippen molar-refractivity contribution in [1.29, 1.82) is 0 Å². The molecule has 35 heavy (non-hydrogen) atoms. The summed E-state index contributed by atoms with van der Waals surface area (Å²) >= 11 is 0. The Hall–Kier alpha value is -4.17. The van der Waals surface area contributed by atoms with Crippen LogP contribution in [-0.4, -0.2) is 4.98 Å². The second-order valence-corrected chi connectivity index (χ2v) is 10.4. The highest BCUT2D eigenvalue weighted by Crippen LogP contribution is 2.54. The quantitative estimate of drug-likeness (QED) is 0.240. The molecule has 3 heterocycles. The average molecular weight is 447 g/mol. The summed E-state index contributed by atoms with van der Waals surface area (Å²) in [5.74, 6) is 0. The molecule has 4 aromatic carbocycles. The SMILES string of the molecule is c1ccc2c(c1)Cc1cc3c(cc1-2)N1c2ccc4c(c2Cc2cncc(c21)C3)Cc1ccccc1-4. The minimum atomic E-state index is 0.956. The third kappa shape index (κ3) is 2.27. The number of aromatic nitrogens is 1. The van der Waals surface area contributed by atoms with Crippen LogP contribution < -0.4 is 4.90 Å².